The van der Waals surface area contributed by atoms with E-state index >= 15 is 0 Å². The van der Waals surface area contributed by atoms with Gasteiger partial charge < -0.3 is 10.5 Å². The average Bonchev–Trinajstić information content (AvgIpc) is 2.41. The summed E-state index contributed by atoms with van der Waals surface area (Å²) in [6, 6.07) is 7.90. The van der Waals surface area contributed by atoms with Gasteiger partial charge in [-0.25, -0.2) is 8.78 Å². The smallest absolute Gasteiger partial charge is 0.163 e. The average molecular weight is 284 g/mol. The molecular weight excluding hydrogens is 272 g/mol. The Balaban J connectivity index is 2.49. The highest BCUT2D eigenvalue weighted by Gasteiger charge is 2.19. The summed E-state index contributed by atoms with van der Waals surface area (Å²) in [6.07, 6.45) is 0. The molecule has 0 aromatic heterocycles. The summed E-state index contributed by atoms with van der Waals surface area (Å²) in [6.45, 7) is 0. The Bertz CT molecular complexity index is 604. The van der Waals surface area contributed by atoms with Crippen LogP contribution in [0.25, 0.3) is 0 Å². The lowest BCUT2D eigenvalue weighted by molar-refractivity contribution is 0.407. The molecule has 0 fully saturated rings. The van der Waals surface area contributed by atoms with Crippen LogP contribution in [0.2, 0.25) is 5.02 Å². The Hall–Kier alpha value is -1.65. The fraction of sp³-hybridized carbons (Fsp3) is 0.143. The van der Waals surface area contributed by atoms with Crippen molar-refractivity contribution in [3.63, 3.8) is 0 Å². The van der Waals surface area contributed by atoms with Gasteiger partial charge in [0, 0.05) is 16.1 Å². The van der Waals surface area contributed by atoms with Gasteiger partial charge in [0.15, 0.2) is 11.6 Å². The summed E-state index contributed by atoms with van der Waals surface area (Å²) in [5, 5.41) is 0.479. The second kappa shape index (κ2) is 5.55. The molecule has 100 valence electrons. The molecule has 0 saturated carbocycles. The van der Waals surface area contributed by atoms with Crippen LogP contribution in [0.5, 0.6) is 5.75 Å². The summed E-state index contributed by atoms with van der Waals surface area (Å²) >= 11 is 5.85. The number of hydrogen-bond acceptors (Lipinski definition) is 2. The number of ether oxygens (including phenoxy) is 1. The monoisotopic (exact) mass is 283 g/mol. The largest absolute Gasteiger partial charge is 0.496 e. The predicted molar refractivity (Wildman–Crippen MR) is 70.4 cm³/mol. The second-order valence-corrected chi connectivity index (χ2v) is 4.44. The van der Waals surface area contributed by atoms with Gasteiger partial charge in [0.2, 0.25) is 0 Å². The predicted octanol–water partition coefficient (Wildman–Crippen LogP) is 3.67. The van der Waals surface area contributed by atoms with Crippen molar-refractivity contribution in [2.75, 3.05) is 7.11 Å². The fourth-order valence-corrected chi connectivity index (χ4v) is 2.03. The third kappa shape index (κ3) is 2.69. The van der Waals surface area contributed by atoms with Crippen molar-refractivity contribution in [3.8, 4) is 5.75 Å². The third-order valence-electron chi connectivity index (χ3n) is 2.85. The minimum atomic E-state index is -0.952. The highest BCUT2D eigenvalue weighted by molar-refractivity contribution is 6.30. The van der Waals surface area contributed by atoms with Crippen molar-refractivity contribution >= 4 is 11.6 Å². The highest BCUT2D eigenvalue weighted by atomic mass is 35.5. The van der Waals surface area contributed by atoms with Crippen LogP contribution in [0.3, 0.4) is 0 Å². The topological polar surface area (TPSA) is 35.2 Å². The zero-order valence-corrected chi connectivity index (χ0v) is 10.9. The first kappa shape index (κ1) is 13.8. The molecule has 0 aliphatic carbocycles. The van der Waals surface area contributed by atoms with E-state index in [1.807, 2.05) is 0 Å². The van der Waals surface area contributed by atoms with Crippen LogP contribution < -0.4 is 10.5 Å². The van der Waals surface area contributed by atoms with Crippen molar-refractivity contribution in [1.29, 1.82) is 0 Å². The van der Waals surface area contributed by atoms with Crippen molar-refractivity contribution < 1.29 is 13.5 Å². The van der Waals surface area contributed by atoms with Gasteiger partial charge in [0.1, 0.15) is 5.75 Å². The van der Waals surface area contributed by atoms with E-state index in [1.54, 1.807) is 18.2 Å². The zero-order valence-electron chi connectivity index (χ0n) is 10.2. The zero-order chi connectivity index (χ0) is 14.0. The van der Waals surface area contributed by atoms with Crippen LogP contribution in [-0.4, -0.2) is 7.11 Å². The Morgan fingerprint density at radius 3 is 2.58 bits per heavy atom. The number of rotatable bonds is 3. The van der Waals surface area contributed by atoms with Crippen LogP contribution in [0, 0.1) is 11.6 Å². The summed E-state index contributed by atoms with van der Waals surface area (Å²) < 4.78 is 32.1. The number of hydrogen-bond donors (Lipinski definition) is 1. The minimum Gasteiger partial charge on any atom is -0.496 e. The van der Waals surface area contributed by atoms with E-state index in [4.69, 9.17) is 22.1 Å². The molecule has 0 aliphatic rings. The number of methoxy groups -OCH3 is 1. The molecular formula is C14H12ClF2NO. The fourth-order valence-electron chi connectivity index (χ4n) is 1.87. The van der Waals surface area contributed by atoms with Gasteiger partial charge in [-0.15, -0.1) is 0 Å². The maximum absolute atomic E-state index is 13.7. The standard InChI is InChI=1S/C14H12ClF2NO/c1-19-12-7-8(15)5-6-9(12)14(18)10-3-2-4-11(16)13(10)17/h2-7,14H,18H2,1H3. The quantitative estimate of drug-likeness (QED) is 0.933. The summed E-state index contributed by atoms with van der Waals surface area (Å²) in [5.74, 6) is -1.45. The highest BCUT2D eigenvalue weighted by Crippen LogP contribution is 2.32. The van der Waals surface area contributed by atoms with Gasteiger partial charge in [-0.2, -0.15) is 0 Å². The lowest BCUT2D eigenvalue weighted by Gasteiger charge is -2.17. The first-order valence-electron chi connectivity index (χ1n) is 5.57. The van der Waals surface area contributed by atoms with Crippen molar-refractivity contribution in [2.45, 2.75) is 6.04 Å². The van der Waals surface area contributed by atoms with E-state index in [0.29, 0.717) is 16.3 Å². The van der Waals surface area contributed by atoms with Crippen LogP contribution in [0.4, 0.5) is 8.78 Å². The van der Waals surface area contributed by atoms with E-state index in [9.17, 15) is 8.78 Å². The van der Waals surface area contributed by atoms with E-state index in [2.05, 4.69) is 0 Å². The molecule has 0 aliphatic heterocycles. The Morgan fingerprint density at radius 2 is 1.89 bits per heavy atom. The molecule has 1 atom stereocenters. The lowest BCUT2D eigenvalue weighted by Crippen LogP contribution is -2.15. The Labute approximate surface area is 114 Å². The van der Waals surface area contributed by atoms with Gasteiger partial charge in [0.05, 0.1) is 13.2 Å². The maximum Gasteiger partial charge on any atom is 0.163 e. The van der Waals surface area contributed by atoms with Crippen LogP contribution in [0.1, 0.15) is 17.2 Å². The van der Waals surface area contributed by atoms with Gasteiger partial charge in [0.25, 0.3) is 0 Å². The summed E-state index contributed by atoms with van der Waals surface area (Å²) in [7, 11) is 1.46. The van der Waals surface area contributed by atoms with Crippen molar-refractivity contribution in [2.24, 2.45) is 5.73 Å². The van der Waals surface area contributed by atoms with Crippen molar-refractivity contribution in [1.82, 2.24) is 0 Å². The van der Waals surface area contributed by atoms with Crippen LogP contribution >= 0.6 is 11.6 Å². The van der Waals surface area contributed by atoms with Crippen LogP contribution in [0.15, 0.2) is 36.4 Å². The molecule has 2 aromatic carbocycles. The molecule has 2 nitrogen and oxygen atoms in total. The normalized spacial score (nSPS) is 12.3. The molecule has 1 unspecified atom stereocenters. The van der Waals surface area contributed by atoms with Gasteiger partial charge >= 0.3 is 0 Å². The first-order valence-corrected chi connectivity index (χ1v) is 5.95. The number of benzene rings is 2. The molecule has 2 N–H and O–H groups in total. The molecule has 19 heavy (non-hydrogen) atoms. The van der Waals surface area contributed by atoms with Gasteiger partial charge in [-0.05, 0) is 18.2 Å². The number of nitrogens with two attached hydrogens (primary N) is 1. The van der Waals surface area contributed by atoms with E-state index in [1.165, 1.54) is 19.2 Å². The Morgan fingerprint density at radius 1 is 1.16 bits per heavy atom. The molecule has 5 heteroatoms. The Kier molecular flexibility index (Phi) is 4.02. The molecule has 0 radical (unpaired) electrons. The molecule has 0 saturated heterocycles. The molecule has 0 amide bonds. The first-order chi connectivity index (χ1) is 9.04. The molecule has 0 heterocycles. The maximum atomic E-state index is 13.7. The molecule has 2 rings (SSSR count). The molecule has 0 spiro atoms. The molecule has 2 aromatic rings. The van der Waals surface area contributed by atoms with E-state index < -0.39 is 17.7 Å². The SMILES string of the molecule is COc1cc(Cl)ccc1C(N)c1cccc(F)c1F. The number of halogens is 3. The van der Waals surface area contributed by atoms with Gasteiger partial charge in [-0.3, -0.25) is 0 Å². The second-order valence-electron chi connectivity index (χ2n) is 4.01. The summed E-state index contributed by atoms with van der Waals surface area (Å²) in [4.78, 5) is 0. The van der Waals surface area contributed by atoms with Crippen LogP contribution in [-0.2, 0) is 0 Å². The van der Waals surface area contributed by atoms with Gasteiger partial charge in [-0.1, -0.05) is 29.8 Å². The third-order valence-corrected chi connectivity index (χ3v) is 3.08. The molecule has 0 bridgehead atoms. The van der Waals surface area contributed by atoms with E-state index in [0.717, 1.165) is 6.07 Å². The summed E-state index contributed by atoms with van der Waals surface area (Å²) in [5.41, 5.74) is 6.59. The lowest BCUT2D eigenvalue weighted by atomic mass is 9.98. The van der Waals surface area contributed by atoms with Crippen molar-refractivity contribution in [3.05, 3.63) is 64.2 Å². The minimum absolute atomic E-state index is 0.0700. The van der Waals surface area contributed by atoms with E-state index in [-0.39, 0.29) is 5.56 Å².